The Morgan fingerprint density at radius 3 is 2.63 bits per heavy atom. The first-order valence-corrected chi connectivity index (χ1v) is 6.94. The van der Waals surface area contributed by atoms with E-state index < -0.39 is 0 Å². The molecule has 1 saturated heterocycles. The molecule has 1 unspecified atom stereocenters. The van der Waals surface area contributed by atoms with Gasteiger partial charge in [-0.1, -0.05) is 27.7 Å². The van der Waals surface area contributed by atoms with E-state index in [9.17, 15) is 4.79 Å². The van der Waals surface area contributed by atoms with E-state index in [0.29, 0.717) is 18.9 Å². The van der Waals surface area contributed by atoms with Crippen LogP contribution in [0.1, 0.15) is 40.5 Å². The highest BCUT2D eigenvalue weighted by Gasteiger charge is 2.34. The van der Waals surface area contributed by atoms with Gasteiger partial charge in [0.1, 0.15) is 0 Å². The Bertz CT molecular complexity index is 283. The third-order valence-corrected chi connectivity index (χ3v) is 3.58. The van der Waals surface area contributed by atoms with Crippen molar-refractivity contribution in [2.45, 2.75) is 46.6 Å². The Hall–Kier alpha value is -0.320. The largest absolute Gasteiger partial charge is 0.381 e. The molecule has 0 radical (unpaired) electrons. The second-order valence-electron chi connectivity index (χ2n) is 6.42. The van der Waals surface area contributed by atoms with Gasteiger partial charge in [0, 0.05) is 25.7 Å². The number of amides is 1. The number of ether oxygens (including phenoxy) is 1. The molecule has 1 heterocycles. The summed E-state index contributed by atoms with van der Waals surface area (Å²) >= 11 is 0. The Morgan fingerprint density at radius 2 is 2.11 bits per heavy atom. The standard InChI is InChI=1S/C14H28N2O2.ClH/c1-11(2)9-18-8-6-13(17)16-7-5-12(15)14(3,4)10-16;/h11-12H,5-10,15H2,1-4H3;1H. The minimum absolute atomic E-state index is 0. The van der Waals surface area contributed by atoms with Gasteiger partial charge in [-0.3, -0.25) is 4.79 Å². The molecule has 0 aliphatic carbocycles. The van der Waals surface area contributed by atoms with Gasteiger partial charge < -0.3 is 15.4 Å². The Balaban J connectivity index is 0.00000324. The summed E-state index contributed by atoms with van der Waals surface area (Å²) in [6, 6.07) is 0.193. The van der Waals surface area contributed by atoms with E-state index in [1.165, 1.54) is 0 Å². The third-order valence-electron chi connectivity index (χ3n) is 3.58. The molecule has 1 aliphatic heterocycles. The van der Waals surface area contributed by atoms with Crippen LogP contribution in [0.25, 0.3) is 0 Å². The SMILES string of the molecule is CC(C)COCCC(=O)N1CCC(N)C(C)(C)C1.Cl. The maximum atomic E-state index is 12.0. The Morgan fingerprint density at radius 1 is 1.47 bits per heavy atom. The van der Waals surface area contributed by atoms with Crippen molar-refractivity contribution >= 4 is 18.3 Å². The minimum atomic E-state index is 0. The summed E-state index contributed by atoms with van der Waals surface area (Å²) in [5, 5.41) is 0. The number of carbonyl (C=O) groups is 1. The molecule has 0 spiro atoms. The van der Waals surface area contributed by atoms with Crippen molar-refractivity contribution in [3.8, 4) is 0 Å². The summed E-state index contributed by atoms with van der Waals surface area (Å²) in [7, 11) is 0. The van der Waals surface area contributed by atoms with E-state index in [0.717, 1.165) is 26.1 Å². The van der Waals surface area contributed by atoms with Crippen molar-refractivity contribution in [3.05, 3.63) is 0 Å². The molecule has 0 aromatic rings. The zero-order valence-corrected chi connectivity index (χ0v) is 13.5. The van der Waals surface area contributed by atoms with Crippen molar-refractivity contribution in [1.29, 1.82) is 0 Å². The van der Waals surface area contributed by atoms with Gasteiger partial charge in [-0.25, -0.2) is 0 Å². The van der Waals surface area contributed by atoms with Gasteiger partial charge in [-0.05, 0) is 17.8 Å². The van der Waals surface area contributed by atoms with Gasteiger partial charge in [0.25, 0.3) is 0 Å². The molecule has 4 nitrogen and oxygen atoms in total. The summed E-state index contributed by atoms with van der Waals surface area (Å²) in [5.74, 6) is 0.714. The number of piperidine rings is 1. The zero-order valence-electron chi connectivity index (χ0n) is 12.6. The van der Waals surface area contributed by atoms with Crippen molar-refractivity contribution in [2.75, 3.05) is 26.3 Å². The molecule has 1 fully saturated rings. The van der Waals surface area contributed by atoms with E-state index in [4.69, 9.17) is 10.5 Å². The third kappa shape index (κ3) is 6.11. The van der Waals surface area contributed by atoms with Crippen LogP contribution in [0.5, 0.6) is 0 Å². The number of hydrogen-bond donors (Lipinski definition) is 1. The van der Waals surface area contributed by atoms with Crippen molar-refractivity contribution in [3.63, 3.8) is 0 Å². The summed E-state index contributed by atoms with van der Waals surface area (Å²) in [6.07, 6.45) is 1.38. The molecule has 0 bridgehead atoms. The Kier molecular flexibility index (Phi) is 7.94. The molecule has 5 heteroatoms. The highest BCUT2D eigenvalue weighted by atomic mass is 35.5. The lowest BCUT2D eigenvalue weighted by Gasteiger charge is -2.42. The molecule has 2 N–H and O–H groups in total. The lowest BCUT2D eigenvalue weighted by molar-refractivity contribution is -0.135. The van der Waals surface area contributed by atoms with E-state index >= 15 is 0 Å². The normalized spacial score (nSPS) is 22.2. The van der Waals surface area contributed by atoms with Gasteiger partial charge in [-0.2, -0.15) is 0 Å². The van der Waals surface area contributed by atoms with Crippen LogP contribution in [0, 0.1) is 11.3 Å². The number of halogens is 1. The molecule has 1 amide bonds. The fourth-order valence-corrected chi connectivity index (χ4v) is 2.22. The second kappa shape index (κ2) is 8.08. The topological polar surface area (TPSA) is 55.6 Å². The first-order valence-electron chi connectivity index (χ1n) is 6.94. The predicted octanol–water partition coefficient (Wildman–Crippen LogP) is 2.06. The molecule has 114 valence electrons. The average Bonchev–Trinajstić information content (AvgIpc) is 2.27. The maximum absolute atomic E-state index is 12.0. The van der Waals surface area contributed by atoms with Gasteiger partial charge >= 0.3 is 0 Å². The highest BCUT2D eigenvalue weighted by molar-refractivity contribution is 5.85. The van der Waals surface area contributed by atoms with Crippen LogP contribution >= 0.6 is 12.4 Å². The summed E-state index contributed by atoms with van der Waals surface area (Å²) in [5.41, 5.74) is 6.09. The lowest BCUT2D eigenvalue weighted by Crippen LogP contribution is -2.54. The van der Waals surface area contributed by atoms with Crippen LogP contribution in [0.4, 0.5) is 0 Å². The smallest absolute Gasteiger partial charge is 0.224 e. The highest BCUT2D eigenvalue weighted by Crippen LogP contribution is 2.27. The van der Waals surface area contributed by atoms with E-state index in [1.54, 1.807) is 0 Å². The molecule has 1 atom stereocenters. The molecule has 0 saturated carbocycles. The number of hydrogen-bond acceptors (Lipinski definition) is 3. The summed E-state index contributed by atoms with van der Waals surface area (Å²) < 4.78 is 5.46. The molecule has 0 aromatic carbocycles. The van der Waals surface area contributed by atoms with Gasteiger partial charge in [-0.15, -0.1) is 12.4 Å². The number of rotatable bonds is 5. The van der Waals surface area contributed by atoms with E-state index in [2.05, 4.69) is 27.7 Å². The van der Waals surface area contributed by atoms with Gasteiger partial charge in [0.2, 0.25) is 5.91 Å². The van der Waals surface area contributed by atoms with Crippen molar-refractivity contribution in [2.24, 2.45) is 17.1 Å². The number of likely N-dealkylation sites (tertiary alicyclic amines) is 1. The molecule has 1 rings (SSSR count). The van der Waals surface area contributed by atoms with Crippen LogP contribution in [0.15, 0.2) is 0 Å². The number of nitrogens with zero attached hydrogens (tertiary/aromatic N) is 1. The van der Waals surface area contributed by atoms with Gasteiger partial charge in [0.15, 0.2) is 0 Å². The van der Waals surface area contributed by atoms with Crippen LogP contribution in [-0.4, -0.2) is 43.2 Å². The molecule has 0 aromatic heterocycles. The summed E-state index contributed by atoms with van der Waals surface area (Å²) in [4.78, 5) is 14.0. The van der Waals surface area contributed by atoms with E-state index in [1.807, 2.05) is 4.90 Å². The number of carbonyl (C=O) groups excluding carboxylic acids is 1. The predicted molar refractivity (Wildman–Crippen MR) is 80.5 cm³/mol. The fourth-order valence-electron chi connectivity index (χ4n) is 2.22. The first-order chi connectivity index (χ1) is 8.33. The average molecular weight is 293 g/mol. The van der Waals surface area contributed by atoms with Crippen molar-refractivity contribution in [1.82, 2.24) is 4.90 Å². The monoisotopic (exact) mass is 292 g/mol. The molecular weight excluding hydrogens is 264 g/mol. The molecule has 1 aliphatic rings. The van der Waals surface area contributed by atoms with Crippen LogP contribution in [0.3, 0.4) is 0 Å². The Labute approximate surface area is 123 Å². The second-order valence-corrected chi connectivity index (χ2v) is 6.42. The fraction of sp³-hybridized carbons (Fsp3) is 0.929. The maximum Gasteiger partial charge on any atom is 0.224 e. The lowest BCUT2D eigenvalue weighted by atomic mass is 9.79. The number of nitrogens with two attached hydrogens (primary N) is 1. The quantitative estimate of drug-likeness (QED) is 0.789. The minimum Gasteiger partial charge on any atom is -0.381 e. The molecule has 19 heavy (non-hydrogen) atoms. The van der Waals surface area contributed by atoms with Crippen LogP contribution in [0.2, 0.25) is 0 Å². The first kappa shape index (κ1) is 18.7. The zero-order chi connectivity index (χ0) is 13.8. The van der Waals surface area contributed by atoms with Crippen LogP contribution in [-0.2, 0) is 9.53 Å². The van der Waals surface area contributed by atoms with Crippen molar-refractivity contribution < 1.29 is 9.53 Å². The van der Waals surface area contributed by atoms with Crippen LogP contribution < -0.4 is 5.73 Å². The molecular formula is C14H29ClN2O2. The summed E-state index contributed by atoms with van der Waals surface area (Å²) in [6.45, 7) is 11.3. The van der Waals surface area contributed by atoms with E-state index in [-0.39, 0.29) is 29.8 Å². The van der Waals surface area contributed by atoms with Gasteiger partial charge in [0.05, 0.1) is 13.0 Å².